The molecule has 2 nitrogen and oxygen atoms in total. The largest absolute Gasteiger partial charge is 0.389 e. The van der Waals surface area contributed by atoms with Gasteiger partial charge in [-0.15, -0.1) is 0 Å². The molecule has 90 valence electrons. The minimum Gasteiger partial charge on any atom is -0.389 e. The van der Waals surface area contributed by atoms with Crippen LogP contribution in [0.25, 0.3) is 0 Å². The molecule has 4 heteroatoms. The summed E-state index contributed by atoms with van der Waals surface area (Å²) in [6.07, 6.45) is 0. The van der Waals surface area contributed by atoms with Gasteiger partial charge in [0.25, 0.3) is 0 Å². The first kappa shape index (κ1) is 13.3. The molecule has 16 heavy (non-hydrogen) atoms. The fraction of sp³-hybridized carbons (Fsp3) is 0.500. The zero-order valence-electron chi connectivity index (χ0n) is 9.74. The Labute approximate surface area is 98.0 Å². The van der Waals surface area contributed by atoms with Crippen molar-refractivity contribution in [3.05, 3.63) is 30.1 Å². The van der Waals surface area contributed by atoms with Gasteiger partial charge >= 0.3 is 0 Å². The lowest BCUT2D eigenvalue weighted by molar-refractivity contribution is 0.0368. The highest BCUT2D eigenvalue weighted by Gasteiger charge is 2.28. The molecule has 2 unspecified atom stereocenters. The highest BCUT2D eigenvalue weighted by atomic mass is 32.2. The molecule has 0 fully saturated rings. The summed E-state index contributed by atoms with van der Waals surface area (Å²) in [6.45, 7) is 5.31. The summed E-state index contributed by atoms with van der Waals surface area (Å²) in [4.78, 5) is 0.156. The van der Waals surface area contributed by atoms with Crippen LogP contribution in [0.3, 0.4) is 0 Å². The maximum Gasteiger partial charge on any atom is 0.139 e. The van der Waals surface area contributed by atoms with Gasteiger partial charge in [0.1, 0.15) is 5.82 Å². The van der Waals surface area contributed by atoms with E-state index in [4.69, 9.17) is 0 Å². The molecular formula is C12H17FO2S. The second-order valence-electron chi connectivity index (χ2n) is 4.43. The van der Waals surface area contributed by atoms with E-state index in [-0.39, 0.29) is 16.6 Å². The fourth-order valence-electron chi connectivity index (χ4n) is 1.14. The summed E-state index contributed by atoms with van der Waals surface area (Å²) < 4.78 is 25.2. The molecule has 2 atom stereocenters. The van der Waals surface area contributed by atoms with Gasteiger partial charge in [0.15, 0.2) is 0 Å². The molecule has 0 heterocycles. The fourth-order valence-corrected chi connectivity index (χ4v) is 2.67. The van der Waals surface area contributed by atoms with Crippen LogP contribution >= 0.6 is 0 Å². The van der Waals surface area contributed by atoms with E-state index in [9.17, 15) is 13.7 Å². The van der Waals surface area contributed by atoms with Gasteiger partial charge in [-0.2, -0.15) is 0 Å². The smallest absolute Gasteiger partial charge is 0.139 e. The van der Waals surface area contributed by atoms with Crippen LogP contribution in [0.1, 0.15) is 20.8 Å². The van der Waals surface area contributed by atoms with Crippen LogP contribution in [-0.2, 0) is 10.8 Å². The molecule has 0 radical (unpaired) electrons. The molecule has 0 spiro atoms. The van der Waals surface area contributed by atoms with Crippen molar-refractivity contribution >= 4 is 10.8 Å². The van der Waals surface area contributed by atoms with Crippen molar-refractivity contribution in [2.24, 2.45) is 5.92 Å². The topological polar surface area (TPSA) is 37.3 Å². The van der Waals surface area contributed by atoms with Crippen LogP contribution < -0.4 is 0 Å². The predicted molar refractivity (Wildman–Crippen MR) is 63.1 cm³/mol. The molecule has 0 aromatic heterocycles. The van der Waals surface area contributed by atoms with E-state index in [1.807, 2.05) is 13.8 Å². The Kier molecular flexibility index (Phi) is 4.21. The van der Waals surface area contributed by atoms with Crippen LogP contribution in [-0.4, -0.2) is 20.7 Å². The van der Waals surface area contributed by atoms with E-state index in [0.29, 0.717) is 0 Å². The minimum absolute atomic E-state index is 0.0248. The van der Waals surface area contributed by atoms with E-state index in [2.05, 4.69) is 0 Å². The van der Waals surface area contributed by atoms with Crippen LogP contribution in [0.4, 0.5) is 4.39 Å². The summed E-state index contributed by atoms with van der Waals surface area (Å²) in [5.74, 6) is -0.463. The number of halogens is 1. The van der Waals surface area contributed by atoms with E-state index in [1.165, 1.54) is 12.1 Å². The lowest BCUT2D eigenvalue weighted by Crippen LogP contribution is -2.37. The molecule has 0 bridgehead atoms. The quantitative estimate of drug-likeness (QED) is 0.882. The molecular weight excluding hydrogens is 227 g/mol. The standard InChI is InChI=1S/C12H17FO2S/c1-9(2)12(3,14)8-16(15)11-7-5-4-6-10(11)13/h4-7,9,14H,8H2,1-3H3. The highest BCUT2D eigenvalue weighted by molar-refractivity contribution is 7.85. The highest BCUT2D eigenvalue weighted by Crippen LogP contribution is 2.21. The molecule has 0 amide bonds. The van der Waals surface area contributed by atoms with Gasteiger partial charge in [-0.05, 0) is 25.0 Å². The molecule has 0 aliphatic rings. The SMILES string of the molecule is CC(C)C(C)(O)CS(=O)c1ccccc1F. The number of aliphatic hydroxyl groups is 1. The number of hydrogen-bond donors (Lipinski definition) is 1. The molecule has 1 N–H and O–H groups in total. The van der Waals surface area contributed by atoms with Gasteiger partial charge in [0.2, 0.25) is 0 Å². The van der Waals surface area contributed by atoms with Crippen LogP contribution in [0.2, 0.25) is 0 Å². The summed E-state index contributed by atoms with van der Waals surface area (Å²) in [7, 11) is -1.51. The Hall–Kier alpha value is -0.740. The van der Waals surface area contributed by atoms with Gasteiger partial charge in [-0.1, -0.05) is 26.0 Å². The Bertz CT molecular complexity index is 388. The molecule has 0 aliphatic heterocycles. The summed E-state index contributed by atoms with van der Waals surface area (Å²) in [5, 5.41) is 10.00. The summed E-state index contributed by atoms with van der Waals surface area (Å²) in [6, 6.07) is 5.95. The van der Waals surface area contributed by atoms with Gasteiger partial charge in [-0.25, -0.2) is 4.39 Å². The van der Waals surface area contributed by atoms with Crippen molar-refractivity contribution in [1.82, 2.24) is 0 Å². The van der Waals surface area contributed by atoms with E-state index >= 15 is 0 Å². The van der Waals surface area contributed by atoms with Crippen molar-refractivity contribution < 1.29 is 13.7 Å². The Morgan fingerprint density at radius 2 is 2.00 bits per heavy atom. The third-order valence-corrected chi connectivity index (χ3v) is 4.42. The average molecular weight is 244 g/mol. The van der Waals surface area contributed by atoms with E-state index in [0.717, 1.165) is 0 Å². The lowest BCUT2D eigenvalue weighted by Gasteiger charge is -2.27. The van der Waals surface area contributed by atoms with E-state index < -0.39 is 22.2 Å². The maximum atomic E-state index is 13.3. The predicted octanol–water partition coefficient (Wildman–Crippen LogP) is 2.34. The zero-order chi connectivity index (χ0) is 12.3. The zero-order valence-corrected chi connectivity index (χ0v) is 10.6. The first-order valence-corrected chi connectivity index (χ1v) is 6.52. The van der Waals surface area contributed by atoms with Crippen molar-refractivity contribution in [2.75, 3.05) is 5.75 Å². The molecule has 1 aromatic rings. The van der Waals surface area contributed by atoms with Gasteiger partial charge < -0.3 is 5.11 Å². The van der Waals surface area contributed by atoms with Crippen LogP contribution in [0, 0.1) is 11.7 Å². The Morgan fingerprint density at radius 3 is 2.50 bits per heavy atom. The second kappa shape index (κ2) is 5.06. The Morgan fingerprint density at radius 1 is 1.44 bits per heavy atom. The summed E-state index contributed by atoms with van der Waals surface area (Å²) in [5.41, 5.74) is -1.05. The summed E-state index contributed by atoms with van der Waals surface area (Å²) >= 11 is 0. The molecule has 0 saturated carbocycles. The van der Waals surface area contributed by atoms with Gasteiger partial charge in [0.05, 0.1) is 27.0 Å². The van der Waals surface area contributed by atoms with Gasteiger partial charge in [0, 0.05) is 0 Å². The number of hydrogen-bond acceptors (Lipinski definition) is 2. The third kappa shape index (κ3) is 3.12. The van der Waals surface area contributed by atoms with Crippen molar-refractivity contribution in [2.45, 2.75) is 31.3 Å². The molecule has 0 saturated heterocycles. The molecule has 1 rings (SSSR count). The lowest BCUT2D eigenvalue weighted by atomic mass is 9.95. The number of rotatable bonds is 4. The molecule has 1 aromatic carbocycles. The normalized spacial score (nSPS) is 17.1. The first-order valence-electron chi connectivity index (χ1n) is 5.20. The van der Waals surface area contributed by atoms with Crippen LogP contribution in [0.15, 0.2) is 29.2 Å². The molecule has 0 aliphatic carbocycles. The van der Waals surface area contributed by atoms with Crippen molar-refractivity contribution in [1.29, 1.82) is 0 Å². The van der Waals surface area contributed by atoms with Crippen molar-refractivity contribution in [3.8, 4) is 0 Å². The van der Waals surface area contributed by atoms with Gasteiger partial charge in [-0.3, -0.25) is 4.21 Å². The average Bonchev–Trinajstić information content (AvgIpc) is 2.17. The maximum absolute atomic E-state index is 13.3. The first-order chi connectivity index (χ1) is 7.34. The van der Waals surface area contributed by atoms with E-state index in [1.54, 1.807) is 19.1 Å². The monoisotopic (exact) mass is 244 g/mol. The van der Waals surface area contributed by atoms with Crippen molar-refractivity contribution in [3.63, 3.8) is 0 Å². The second-order valence-corrected chi connectivity index (χ2v) is 5.85. The minimum atomic E-state index is -1.51. The third-order valence-electron chi connectivity index (χ3n) is 2.75. The Balaban J connectivity index is 2.85. The van der Waals surface area contributed by atoms with Crippen LogP contribution in [0.5, 0.6) is 0 Å². The number of benzene rings is 1.